The van der Waals surface area contributed by atoms with Gasteiger partial charge in [0.25, 0.3) is 0 Å². The smallest absolute Gasteiger partial charge is 0.165 e. The first kappa shape index (κ1) is 7.57. The number of fused-ring (bicyclic) bond motifs is 1. The Morgan fingerprint density at radius 3 is 3.21 bits per heavy atom. The zero-order valence-corrected chi connectivity index (χ0v) is 7.85. The summed E-state index contributed by atoms with van der Waals surface area (Å²) >= 11 is 1.48. The van der Waals surface area contributed by atoms with E-state index in [-0.39, 0.29) is 0 Å². The van der Waals surface area contributed by atoms with Gasteiger partial charge in [-0.2, -0.15) is 5.10 Å². The number of hydrogen-bond donors (Lipinski definition) is 0. The molecule has 0 fully saturated rings. The fourth-order valence-corrected chi connectivity index (χ4v) is 1.83. The van der Waals surface area contributed by atoms with Gasteiger partial charge in [-0.25, -0.2) is 9.50 Å². The molecule has 6 heteroatoms. The lowest BCUT2D eigenvalue weighted by atomic mass is 10.3. The van der Waals surface area contributed by atoms with Crippen LogP contribution in [0.4, 0.5) is 0 Å². The molecule has 14 heavy (non-hydrogen) atoms. The molecule has 0 saturated heterocycles. The fraction of sp³-hybridized carbons (Fsp3) is 0. The van der Waals surface area contributed by atoms with Crippen LogP contribution < -0.4 is 0 Å². The van der Waals surface area contributed by atoms with E-state index in [0.29, 0.717) is 0 Å². The van der Waals surface area contributed by atoms with Crippen molar-refractivity contribution >= 4 is 17.0 Å². The summed E-state index contributed by atoms with van der Waals surface area (Å²) in [4.78, 5) is 4.24. The Morgan fingerprint density at radius 2 is 2.36 bits per heavy atom. The third kappa shape index (κ3) is 1.01. The minimum atomic E-state index is 0.809. The summed E-state index contributed by atoms with van der Waals surface area (Å²) < 4.78 is 1.72. The second-order valence-electron chi connectivity index (χ2n) is 2.69. The van der Waals surface area contributed by atoms with Crippen LogP contribution in [0.1, 0.15) is 0 Å². The standard InChI is InChI=1S/C8H5N5S/c1-2-9-7-6(4-11-13(7)3-1)8-12-10-5-14-8/h1-5H. The van der Waals surface area contributed by atoms with Crippen LogP contribution in [0.5, 0.6) is 0 Å². The molecule has 0 aliphatic carbocycles. The van der Waals surface area contributed by atoms with Crippen LogP contribution in [0, 0.1) is 0 Å². The van der Waals surface area contributed by atoms with Crippen molar-refractivity contribution in [2.45, 2.75) is 0 Å². The van der Waals surface area contributed by atoms with Crippen molar-refractivity contribution in [3.05, 3.63) is 30.2 Å². The van der Waals surface area contributed by atoms with E-state index >= 15 is 0 Å². The summed E-state index contributed by atoms with van der Waals surface area (Å²) in [5.41, 5.74) is 3.43. The summed E-state index contributed by atoms with van der Waals surface area (Å²) in [6, 6.07) is 1.84. The molecule has 0 aliphatic rings. The lowest BCUT2D eigenvalue weighted by Crippen LogP contribution is -1.87. The molecule has 0 N–H and O–H groups in total. The maximum atomic E-state index is 4.24. The Morgan fingerprint density at radius 1 is 1.36 bits per heavy atom. The van der Waals surface area contributed by atoms with Gasteiger partial charge in [0, 0.05) is 12.4 Å². The molecule has 3 aromatic rings. The molecule has 0 unspecified atom stereocenters. The number of rotatable bonds is 1. The molecule has 0 radical (unpaired) electrons. The molecule has 0 atom stereocenters. The third-order valence-electron chi connectivity index (χ3n) is 1.87. The van der Waals surface area contributed by atoms with E-state index in [9.17, 15) is 0 Å². The lowest BCUT2D eigenvalue weighted by molar-refractivity contribution is 0.939. The minimum absolute atomic E-state index is 0.809. The van der Waals surface area contributed by atoms with E-state index in [1.54, 1.807) is 22.4 Å². The predicted octanol–water partition coefficient (Wildman–Crippen LogP) is 1.25. The molecule has 68 valence electrons. The summed E-state index contributed by atoms with van der Waals surface area (Å²) in [7, 11) is 0. The Bertz CT molecular complexity index is 556. The highest BCUT2D eigenvalue weighted by Gasteiger charge is 2.09. The highest BCUT2D eigenvalue weighted by molar-refractivity contribution is 7.12. The second-order valence-corrected chi connectivity index (χ2v) is 3.52. The van der Waals surface area contributed by atoms with Crippen LogP contribution in [0.15, 0.2) is 30.2 Å². The normalized spacial score (nSPS) is 10.9. The van der Waals surface area contributed by atoms with Gasteiger partial charge in [-0.3, -0.25) is 0 Å². The topological polar surface area (TPSA) is 56.0 Å². The summed E-state index contributed by atoms with van der Waals surface area (Å²) in [6.07, 6.45) is 5.34. The van der Waals surface area contributed by atoms with E-state index in [1.165, 1.54) is 11.3 Å². The van der Waals surface area contributed by atoms with Crippen molar-refractivity contribution in [2.24, 2.45) is 0 Å². The predicted molar refractivity (Wildman–Crippen MR) is 51.9 cm³/mol. The second kappa shape index (κ2) is 2.85. The minimum Gasteiger partial charge on any atom is -0.236 e. The zero-order chi connectivity index (χ0) is 9.38. The van der Waals surface area contributed by atoms with Gasteiger partial charge < -0.3 is 0 Å². The van der Waals surface area contributed by atoms with Gasteiger partial charge in [-0.05, 0) is 6.07 Å². The van der Waals surface area contributed by atoms with Crippen molar-refractivity contribution in [1.29, 1.82) is 0 Å². The summed E-state index contributed by atoms with van der Waals surface area (Å²) in [5.74, 6) is 0. The van der Waals surface area contributed by atoms with Crippen molar-refractivity contribution in [3.8, 4) is 10.6 Å². The van der Waals surface area contributed by atoms with Gasteiger partial charge in [0.1, 0.15) is 5.51 Å². The molecule has 0 aromatic carbocycles. The van der Waals surface area contributed by atoms with Crippen LogP contribution in [-0.2, 0) is 0 Å². The van der Waals surface area contributed by atoms with Gasteiger partial charge in [0.15, 0.2) is 10.7 Å². The van der Waals surface area contributed by atoms with Gasteiger partial charge in [0.2, 0.25) is 0 Å². The van der Waals surface area contributed by atoms with Crippen molar-refractivity contribution in [3.63, 3.8) is 0 Å². The Balaban J connectivity index is 2.33. The highest BCUT2D eigenvalue weighted by Crippen LogP contribution is 2.23. The monoisotopic (exact) mass is 203 g/mol. The van der Waals surface area contributed by atoms with Crippen LogP contribution in [0.2, 0.25) is 0 Å². The lowest BCUT2D eigenvalue weighted by Gasteiger charge is -1.91. The summed E-state index contributed by atoms with van der Waals surface area (Å²) in [5, 5.41) is 12.8. The van der Waals surface area contributed by atoms with Crippen LogP contribution >= 0.6 is 11.3 Å². The fourth-order valence-electron chi connectivity index (χ4n) is 1.27. The van der Waals surface area contributed by atoms with Gasteiger partial charge in [0.05, 0.1) is 11.8 Å². The van der Waals surface area contributed by atoms with Gasteiger partial charge in [-0.1, -0.05) is 11.3 Å². The molecular formula is C8H5N5S. The maximum absolute atomic E-state index is 4.24. The molecule has 0 aliphatic heterocycles. The molecular weight excluding hydrogens is 198 g/mol. The van der Waals surface area contributed by atoms with Crippen molar-refractivity contribution in [2.75, 3.05) is 0 Å². The van der Waals surface area contributed by atoms with E-state index in [1.807, 2.05) is 12.3 Å². The number of hydrogen-bond acceptors (Lipinski definition) is 5. The molecule has 0 amide bonds. The summed E-state index contributed by atoms with van der Waals surface area (Å²) in [6.45, 7) is 0. The molecule has 0 spiro atoms. The number of nitrogens with zero attached hydrogens (tertiary/aromatic N) is 5. The molecule has 0 bridgehead atoms. The van der Waals surface area contributed by atoms with Crippen molar-refractivity contribution in [1.82, 2.24) is 24.8 Å². The van der Waals surface area contributed by atoms with E-state index < -0.39 is 0 Å². The Labute approximate surface area is 83.1 Å². The SMILES string of the molecule is c1cnc2c(-c3nncs3)cnn2c1. The largest absolute Gasteiger partial charge is 0.236 e. The molecule has 0 saturated carbocycles. The van der Waals surface area contributed by atoms with Crippen LogP contribution in [-0.4, -0.2) is 24.8 Å². The molecule has 3 aromatic heterocycles. The Hall–Kier alpha value is -1.82. The first-order valence-corrected chi connectivity index (χ1v) is 4.88. The molecule has 3 heterocycles. The van der Waals surface area contributed by atoms with E-state index in [2.05, 4.69) is 20.3 Å². The number of aromatic nitrogens is 5. The van der Waals surface area contributed by atoms with E-state index in [4.69, 9.17) is 0 Å². The molecule has 3 rings (SSSR count). The van der Waals surface area contributed by atoms with Gasteiger partial charge in [-0.15, -0.1) is 10.2 Å². The first-order valence-electron chi connectivity index (χ1n) is 4.00. The average Bonchev–Trinajstić information content (AvgIpc) is 2.85. The van der Waals surface area contributed by atoms with E-state index in [0.717, 1.165) is 16.2 Å². The maximum Gasteiger partial charge on any atom is 0.165 e. The first-order chi connectivity index (χ1) is 6.95. The average molecular weight is 203 g/mol. The third-order valence-corrected chi connectivity index (χ3v) is 2.59. The van der Waals surface area contributed by atoms with Gasteiger partial charge >= 0.3 is 0 Å². The van der Waals surface area contributed by atoms with Crippen molar-refractivity contribution < 1.29 is 0 Å². The Kier molecular flexibility index (Phi) is 1.54. The zero-order valence-electron chi connectivity index (χ0n) is 7.03. The highest BCUT2D eigenvalue weighted by atomic mass is 32.1. The van der Waals surface area contributed by atoms with Crippen LogP contribution in [0.25, 0.3) is 16.2 Å². The molecule has 5 nitrogen and oxygen atoms in total. The quantitative estimate of drug-likeness (QED) is 0.597. The van der Waals surface area contributed by atoms with Crippen LogP contribution in [0.3, 0.4) is 0 Å².